The van der Waals surface area contributed by atoms with E-state index in [0.717, 1.165) is 0 Å². The highest BCUT2D eigenvalue weighted by molar-refractivity contribution is 7.28. The highest BCUT2D eigenvalue weighted by atomic mass is 127. The summed E-state index contributed by atoms with van der Waals surface area (Å²) in [5.41, 5.74) is 0. The number of aryl methyl sites for hydroxylation is 1. The maximum atomic E-state index is 2.12. The van der Waals surface area contributed by atoms with Crippen molar-refractivity contribution in [1.82, 2.24) is 0 Å². The lowest BCUT2D eigenvalue weighted by Gasteiger charge is -1.47. The van der Waals surface area contributed by atoms with Gasteiger partial charge in [-0.1, -0.05) is 0 Å². The summed E-state index contributed by atoms with van der Waals surface area (Å²) in [6.07, 6.45) is 0. The normalized spacial score (nSPS) is 7.57. The molecule has 0 spiro atoms. The molecule has 0 aliphatic rings. The van der Waals surface area contributed by atoms with E-state index in [-0.39, 0.29) is 24.0 Å². The van der Waals surface area contributed by atoms with E-state index in [1.54, 1.807) is 22.7 Å². The van der Waals surface area contributed by atoms with Gasteiger partial charge < -0.3 is 24.0 Å². The highest BCUT2D eigenvalue weighted by Gasteiger charge is 1.93. The van der Waals surface area contributed by atoms with Gasteiger partial charge in [0.05, 0.1) is 22.7 Å². The van der Waals surface area contributed by atoms with Gasteiger partial charge in [-0.3, -0.25) is 0 Å². The Morgan fingerprint density at radius 1 is 1.71 bits per heavy atom. The maximum absolute atomic E-state index is 2.12. The van der Waals surface area contributed by atoms with Crippen molar-refractivity contribution in [3.05, 3.63) is 15.0 Å². The molecule has 0 bridgehead atoms. The predicted molar refractivity (Wildman–Crippen MR) is 31.3 cm³/mol. The molecule has 0 saturated carbocycles. The fourth-order valence-corrected chi connectivity index (χ4v) is 1.66. The van der Waals surface area contributed by atoms with Gasteiger partial charge in [0.15, 0.2) is 0 Å². The number of rotatable bonds is 0. The first-order valence-corrected chi connectivity index (χ1v) is 3.47. The van der Waals surface area contributed by atoms with E-state index in [1.807, 2.05) is 0 Å². The molecule has 0 fully saturated rings. The van der Waals surface area contributed by atoms with Crippen LogP contribution in [0.1, 0.15) is 4.19 Å². The summed E-state index contributed by atoms with van der Waals surface area (Å²) in [6.45, 7) is 2.12. The van der Waals surface area contributed by atoms with Gasteiger partial charge in [-0.25, -0.2) is 0 Å². The van der Waals surface area contributed by atoms with Gasteiger partial charge >= 0.3 is 0 Å². The van der Waals surface area contributed by atoms with Crippen LogP contribution >= 0.6 is 22.7 Å². The summed E-state index contributed by atoms with van der Waals surface area (Å²) in [4.78, 5) is 0. The Labute approximate surface area is 68.2 Å². The van der Waals surface area contributed by atoms with Gasteiger partial charge in [-0.2, -0.15) is 0 Å². The summed E-state index contributed by atoms with van der Waals surface area (Å²) < 4.78 is 1.43. The fourth-order valence-electron chi connectivity index (χ4n) is 0.275. The molecule has 0 nitrogen and oxygen atoms in total. The van der Waals surface area contributed by atoms with Gasteiger partial charge in [-0.15, -0.1) is 0 Å². The Kier molecular flexibility index (Phi) is 4.16. The van der Waals surface area contributed by atoms with Crippen molar-refractivity contribution in [2.24, 2.45) is 0 Å². The van der Waals surface area contributed by atoms with Crippen LogP contribution in [0.2, 0.25) is 0 Å². The van der Waals surface area contributed by atoms with Gasteiger partial charge in [-0.05, 0) is 0 Å². The van der Waals surface area contributed by atoms with Crippen molar-refractivity contribution in [1.29, 1.82) is 0 Å². The van der Waals surface area contributed by atoms with Crippen molar-refractivity contribution in [3.63, 3.8) is 0 Å². The van der Waals surface area contributed by atoms with E-state index in [9.17, 15) is 0 Å². The Morgan fingerprint density at radius 2 is 2.43 bits per heavy atom. The zero-order valence-electron chi connectivity index (χ0n) is 3.85. The van der Waals surface area contributed by atoms with E-state index >= 15 is 0 Å². The lowest BCUT2D eigenvalue weighted by molar-refractivity contribution is -0.00000114. The second-order valence-corrected chi connectivity index (χ2v) is 3.50. The molecule has 0 aliphatic carbocycles. The SMILES string of the molecule is Cc1scc[s+]1.[I-]. The third kappa shape index (κ3) is 2.56. The zero-order chi connectivity index (χ0) is 4.41. The summed E-state index contributed by atoms with van der Waals surface area (Å²) >= 11 is 3.59. The molecule has 0 aromatic carbocycles. The number of hydrogen-bond donors (Lipinski definition) is 0. The first-order chi connectivity index (χ1) is 2.89. The summed E-state index contributed by atoms with van der Waals surface area (Å²) in [5, 5.41) is 4.19. The van der Waals surface area contributed by atoms with Crippen LogP contribution in [0.15, 0.2) is 10.8 Å². The Morgan fingerprint density at radius 3 is 2.57 bits per heavy atom. The summed E-state index contributed by atoms with van der Waals surface area (Å²) in [7, 11) is 0. The molecule has 1 rings (SSSR count). The smallest absolute Gasteiger partial charge is 0.251 e. The van der Waals surface area contributed by atoms with E-state index < -0.39 is 0 Å². The van der Waals surface area contributed by atoms with Crippen LogP contribution in [0.25, 0.3) is 0 Å². The number of hydrogen-bond acceptors (Lipinski definition) is 1. The van der Waals surface area contributed by atoms with Crippen LogP contribution in [0.3, 0.4) is 0 Å². The Balaban J connectivity index is 0.000000360. The van der Waals surface area contributed by atoms with E-state index in [4.69, 9.17) is 0 Å². The van der Waals surface area contributed by atoms with Crippen LogP contribution in [0, 0.1) is 6.92 Å². The van der Waals surface area contributed by atoms with Gasteiger partial charge in [0.2, 0.25) is 0 Å². The number of halogens is 1. The van der Waals surface area contributed by atoms with Crippen LogP contribution in [0.5, 0.6) is 0 Å². The standard InChI is InChI=1S/C4H5S2.HI/c1-4-5-2-3-6-4;/h2-3H,1H3;1H/q+1;/p-1. The van der Waals surface area contributed by atoms with E-state index in [0.29, 0.717) is 0 Å². The second kappa shape index (κ2) is 3.74. The fraction of sp³-hybridized carbons (Fsp3) is 0.250. The molecule has 1 heterocycles. The molecule has 0 saturated heterocycles. The second-order valence-electron chi connectivity index (χ2n) is 0.999. The third-order valence-corrected chi connectivity index (χ3v) is 2.48. The molecule has 3 heteroatoms. The topological polar surface area (TPSA) is 0 Å². The summed E-state index contributed by atoms with van der Waals surface area (Å²) in [6, 6.07) is 0. The quantitative estimate of drug-likeness (QED) is 0.422. The molecule has 0 unspecified atom stereocenters. The Bertz CT molecular complexity index is 113. The summed E-state index contributed by atoms with van der Waals surface area (Å²) in [5.74, 6) is 0. The molecule has 0 radical (unpaired) electrons. The molecule has 0 atom stereocenters. The van der Waals surface area contributed by atoms with Crippen LogP contribution < -0.4 is 24.0 Å². The average Bonchev–Trinajstić information content (AvgIpc) is 1.86. The van der Waals surface area contributed by atoms with Crippen LogP contribution in [0.4, 0.5) is 0 Å². The molecule has 1 aromatic heterocycles. The molecule has 7 heavy (non-hydrogen) atoms. The largest absolute Gasteiger partial charge is 1.00 e. The minimum absolute atomic E-state index is 0. The molecule has 40 valence electrons. The van der Waals surface area contributed by atoms with Crippen molar-refractivity contribution in [2.45, 2.75) is 6.92 Å². The van der Waals surface area contributed by atoms with Crippen molar-refractivity contribution in [3.8, 4) is 0 Å². The molecule has 0 amide bonds. The minimum atomic E-state index is 0. The molecular weight excluding hydrogens is 239 g/mol. The molecular formula is C4H5IS2. The predicted octanol–water partition coefficient (Wildman–Crippen LogP) is -0.597. The molecule has 0 aliphatic heterocycles. The third-order valence-electron chi connectivity index (χ3n) is 0.524. The first-order valence-electron chi connectivity index (χ1n) is 1.71. The lowest BCUT2D eigenvalue weighted by Crippen LogP contribution is -3.00. The van der Waals surface area contributed by atoms with E-state index in [1.165, 1.54) is 4.19 Å². The highest BCUT2D eigenvalue weighted by Crippen LogP contribution is 2.11. The van der Waals surface area contributed by atoms with Gasteiger partial charge in [0, 0.05) is 6.92 Å². The van der Waals surface area contributed by atoms with Crippen molar-refractivity contribution in [2.75, 3.05) is 0 Å². The molecule has 1 aromatic rings. The maximum Gasteiger partial charge on any atom is 0.251 e. The van der Waals surface area contributed by atoms with Gasteiger partial charge in [0.1, 0.15) is 10.8 Å². The van der Waals surface area contributed by atoms with E-state index in [2.05, 4.69) is 17.7 Å². The van der Waals surface area contributed by atoms with Crippen LogP contribution in [-0.4, -0.2) is 0 Å². The van der Waals surface area contributed by atoms with Crippen molar-refractivity contribution >= 4 is 22.7 Å². The lowest BCUT2D eigenvalue weighted by atomic mass is 11.0. The minimum Gasteiger partial charge on any atom is -1.00 e. The molecule has 0 N–H and O–H groups in total. The Hall–Kier alpha value is 0.780. The first kappa shape index (κ1) is 7.78. The van der Waals surface area contributed by atoms with Crippen LogP contribution in [-0.2, 0) is 0 Å². The monoisotopic (exact) mass is 244 g/mol. The zero-order valence-corrected chi connectivity index (χ0v) is 7.64. The van der Waals surface area contributed by atoms with Crippen molar-refractivity contribution < 1.29 is 24.0 Å². The average molecular weight is 244 g/mol. The van der Waals surface area contributed by atoms with Gasteiger partial charge in [0.25, 0.3) is 4.19 Å².